The van der Waals surface area contributed by atoms with Gasteiger partial charge in [-0.05, 0) is 43.4 Å². The molecule has 0 spiro atoms. The van der Waals surface area contributed by atoms with Crippen molar-refractivity contribution < 1.29 is 80.2 Å². The number of phosphoric ester groups is 2. The summed E-state index contributed by atoms with van der Waals surface area (Å²) in [6.07, 6.45) is 54.1. The summed E-state index contributed by atoms with van der Waals surface area (Å²) in [6, 6.07) is 0. The number of aliphatic hydroxyl groups is 1. The number of unbranched alkanes of at least 4 members (excludes halogenated alkanes) is 42. The molecule has 0 saturated heterocycles. The lowest BCUT2D eigenvalue weighted by atomic mass is 9.99. The topological polar surface area (TPSA) is 237 Å². The number of carbonyl (C=O) groups is 4. The van der Waals surface area contributed by atoms with E-state index in [1.54, 1.807) is 0 Å². The van der Waals surface area contributed by atoms with Gasteiger partial charge in [0.1, 0.15) is 19.3 Å². The van der Waals surface area contributed by atoms with E-state index in [0.717, 1.165) is 108 Å². The molecule has 96 heavy (non-hydrogen) atoms. The van der Waals surface area contributed by atoms with Crippen molar-refractivity contribution in [1.29, 1.82) is 0 Å². The maximum absolute atomic E-state index is 13.1. The zero-order valence-corrected chi connectivity index (χ0v) is 64.6. The Labute approximate surface area is 588 Å². The summed E-state index contributed by atoms with van der Waals surface area (Å²) in [4.78, 5) is 72.8. The average Bonchev–Trinajstić information content (AvgIpc) is 1.69. The summed E-state index contributed by atoms with van der Waals surface area (Å²) < 4.78 is 68.5. The van der Waals surface area contributed by atoms with E-state index >= 15 is 0 Å². The van der Waals surface area contributed by atoms with Crippen molar-refractivity contribution in [2.24, 2.45) is 17.8 Å². The highest BCUT2D eigenvalue weighted by molar-refractivity contribution is 7.47. The lowest BCUT2D eigenvalue weighted by Crippen LogP contribution is -2.30. The normalized spacial score (nSPS) is 14.3. The number of esters is 4. The Kier molecular flexibility index (Phi) is 66.2. The third-order valence-electron chi connectivity index (χ3n) is 18.2. The summed E-state index contributed by atoms with van der Waals surface area (Å²) in [5, 5.41) is 10.6. The summed E-state index contributed by atoms with van der Waals surface area (Å²) in [6.45, 7) is 11.9. The number of carbonyl (C=O) groups excluding carboxylic acids is 4. The fourth-order valence-corrected chi connectivity index (χ4v) is 13.3. The van der Waals surface area contributed by atoms with Gasteiger partial charge in [-0.3, -0.25) is 37.3 Å². The van der Waals surface area contributed by atoms with Gasteiger partial charge in [-0.25, -0.2) is 9.13 Å². The molecule has 0 bridgehead atoms. The van der Waals surface area contributed by atoms with Gasteiger partial charge < -0.3 is 33.8 Å². The van der Waals surface area contributed by atoms with Gasteiger partial charge in [0.15, 0.2) is 12.2 Å². The Bertz CT molecular complexity index is 1870. The second-order valence-electron chi connectivity index (χ2n) is 28.9. The van der Waals surface area contributed by atoms with Gasteiger partial charge in [0.25, 0.3) is 0 Å². The third kappa shape index (κ3) is 69.2. The monoisotopic (exact) mass is 1410 g/mol. The van der Waals surface area contributed by atoms with Crippen LogP contribution in [-0.2, 0) is 65.4 Å². The minimum absolute atomic E-state index is 0.105. The molecule has 0 saturated carbocycles. The SMILES string of the molecule is CCCCCCCCCCCC(=O)OC[C@H](COP(=O)(O)OC[C@H](O)COP(=O)(O)OC[C@@H](COC(=O)CCCCCCCCCCCCCCCCC(C)C)OC(=O)CCCCCCCCCCCCCCCCCC(C)C)OC(=O)CCCCCCCCCCC(C)CC. The first-order valence-corrected chi connectivity index (χ1v) is 42.9. The Morgan fingerprint density at radius 3 is 0.792 bits per heavy atom. The van der Waals surface area contributed by atoms with E-state index in [4.69, 9.17) is 37.0 Å². The van der Waals surface area contributed by atoms with E-state index in [-0.39, 0.29) is 25.7 Å². The van der Waals surface area contributed by atoms with Crippen LogP contribution in [0, 0.1) is 17.8 Å². The molecule has 0 aromatic carbocycles. The van der Waals surface area contributed by atoms with Crippen molar-refractivity contribution in [3.8, 4) is 0 Å². The quantitative estimate of drug-likeness (QED) is 0.0222. The Morgan fingerprint density at radius 1 is 0.302 bits per heavy atom. The Morgan fingerprint density at radius 2 is 0.531 bits per heavy atom. The lowest BCUT2D eigenvalue weighted by Gasteiger charge is -2.21. The molecule has 0 aromatic rings. The second-order valence-corrected chi connectivity index (χ2v) is 31.8. The number of aliphatic hydroxyl groups excluding tert-OH is 1. The van der Waals surface area contributed by atoms with E-state index in [2.05, 4.69) is 48.5 Å². The van der Waals surface area contributed by atoms with E-state index in [0.29, 0.717) is 25.7 Å². The first-order chi connectivity index (χ1) is 46.3. The Balaban J connectivity index is 5.23. The molecule has 0 fully saturated rings. The lowest BCUT2D eigenvalue weighted by molar-refractivity contribution is -0.161. The molecule has 0 aromatic heterocycles. The average molecular weight is 1410 g/mol. The molecule has 0 aliphatic heterocycles. The molecule has 17 nitrogen and oxygen atoms in total. The number of rotatable bonds is 75. The van der Waals surface area contributed by atoms with Crippen LogP contribution in [0.15, 0.2) is 0 Å². The van der Waals surface area contributed by atoms with Crippen LogP contribution in [0.25, 0.3) is 0 Å². The van der Waals surface area contributed by atoms with Crippen molar-refractivity contribution in [2.45, 2.75) is 414 Å². The minimum Gasteiger partial charge on any atom is -0.462 e. The predicted octanol–water partition coefficient (Wildman–Crippen LogP) is 22.6. The summed E-state index contributed by atoms with van der Waals surface area (Å²) in [5.41, 5.74) is 0. The molecular formula is C77H150O17P2. The van der Waals surface area contributed by atoms with Crippen LogP contribution in [-0.4, -0.2) is 96.7 Å². The molecule has 3 unspecified atom stereocenters. The molecule has 6 atom stereocenters. The van der Waals surface area contributed by atoms with Gasteiger partial charge >= 0.3 is 39.5 Å². The fraction of sp³-hybridized carbons (Fsp3) is 0.948. The van der Waals surface area contributed by atoms with Gasteiger partial charge in [-0.2, -0.15) is 0 Å². The molecule has 0 amide bonds. The van der Waals surface area contributed by atoms with Gasteiger partial charge in [-0.15, -0.1) is 0 Å². The summed E-state index contributed by atoms with van der Waals surface area (Å²) in [5.74, 6) is 0.253. The van der Waals surface area contributed by atoms with Crippen LogP contribution in [0.3, 0.4) is 0 Å². The first kappa shape index (κ1) is 94.1. The van der Waals surface area contributed by atoms with E-state index < -0.39 is 97.5 Å². The van der Waals surface area contributed by atoms with Crippen LogP contribution in [0.5, 0.6) is 0 Å². The molecule has 19 heteroatoms. The fourth-order valence-electron chi connectivity index (χ4n) is 11.7. The molecule has 0 aliphatic carbocycles. The maximum atomic E-state index is 13.1. The molecule has 3 N–H and O–H groups in total. The molecule has 0 radical (unpaired) electrons. The van der Waals surface area contributed by atoms with Crippen molar-refractivity contribution >= 4 is 39.5 Å². The van der Waals surface area contributed by atoms with Crippen molar-refractivity contribution in [1.82, 2.24) is 0 Å². The second kappa shape index (κ2) is 67.5. The van der Waals surface area contributed by atoms with Crippen molar-refractivity contribution in [3.63, 3.8) is 0 Å². The van der Waals surface area contributed by atoms with Crippen LogP contribution < -0.4 is 0 Å². The van der Waals surface area contributed by atoms with Crippen LogP contribution in [0.2, 0.25) is 0 Å². The van der Waals surface area contributed by atoms with E-state index in [1.807, 2.05) is 0 Å². The molecule has 570 valence electrons. The van der Waals surface area contributed by atoms with E-state index in [9.17, 15) is 43.2 Å². The zero-order valence-electron chi connectivity index (χ0n) is 62.8. The third-order valence-corrected chi connectivity index (χ3v) is 20.1. The van der Waals surface area contributed by atoms with Crippen molar-refractivity contribution in [3.05, 3.63) is 0 Å². The highest BCUT2D eigenvalue weighted by Crippen LogP contribution is 2.45. The predicted molar refractivity (Wildman–Crippen MR) is 391 cm³/mol. The Hall–Kier alpha value is -1.94. The first-order valence-electron chi connectivity index (χ1n) is 39.9. The maximum Gasteiger partial charge on any atom is 0.472 e. The number of hydrogen-bond acceptors (Lipinski definition) is 15. The van der Waals surface area contributed by atoms with Crippen LogP contribution in [0.4, 0.5) is 0 Å². The molecule has 0 heterocycles. The highest BCUT2D eigenvalue weighted by atomic mass is 31.2. The molecular weight excluding hydrogens is 1260 g/mol. The standard InChI is InChI=1S/C77H150O17P2/c1-8-10-11-12-13-27-37-44-51-58-74(79)87-64-73(94-77(82)61-54-47-40-33-32-36-43-50-57-70(7)9-2)67-92-96(85,86)90-63-71(78)62-89-95(83,84)91-66-72(65-88-75(80)59-52-45-38-30-25-21-18-17-20-24-29-35-42-49-56-69(5)6)93-76(81)60-53-46-39-31-26-22-16-14-15-19-23-28-34-41-48-55-68(3)4/h68-73,78H,8-67H2,1-7H3,(H,83,84)(H,85,86)/t70?,71-,72-,73-/m1/s1. The number of ether oxygens (including phenoxy) is 4. The van der Waals surface area contributed by atoms with Gasteiger partial charge in [0, 0.05) is 25.7 Å². The number of hydrogen-bond donors (Lipinski definition) is 3. The van der Waals surface area contributed by atoms with Crippen LogP contribution in [0.1, 0.15) is 395 Å². The summed E-state index contributed by atoms with van der Waals surface area (Å²) >= 11 is 0. The van der Waals surface area contributed by atoms with E-state index in [1.165, 1.54) is 205 Å². The largest absolute Gasteiger partial charge is 0.472 e. The minimum atomic E-state index is -4.96. The summed E-state index contributed by atoms with van der Waals surface area (Å²) in [7, 11) is -9.91. The van der Waals surface area contributed by atoms with Gasteiger partial charge in [0.2, 0.25) is 0 Å². The smallest absolute Gasteiger partial charge is 0.462 e. The van der Waals surface area contributed by atoms with Gasteiger partial charge in [0.05, 0.1) is 26.4 Å². The molecule has 0 aliphatic rings. The molecule has 0 rings (SSSR count). The highest BCUT2D eigenvalue weighted by Gasteiger charge is 2.30. The van der Waals surface area contributed by atoms with Crippen LogP contribution >= 0.6 is 15.6 Å². The van der Waals surface area contributed by atoms with Crippen molar-refractivity contribution in [2.75, 3.05) is 39.6 Å². The zero-order chi connectivity index (χ0) is 70.9. The number of phosphoric acid groups is 2. The van der Waals surface area contributed by atoms with Gasteiger partial charge in [-0.1, -0.05) is 344 Å².